The van der Waals surface area contributed by atoms with Crippen molar-refractivity contribution < 1.29 is 4.74 Å². The maximum Gasteiger partial charge on any atom is 0.0642 e. The molecule has 1 nitrogen and oxygen atoms in total. The van der Waals surface area contributed by atoms with Gasteiger partial charge in [0.1, 0.15) is 0 Å². The predicted octanol–water partition coefficient (Wildman–Crippen LogP) is 3.55. The van der Waals surface area contributed by atoms with Gasteiger partial charge in [0.15, 0.2) is 0 Å². The van der Waals surface area contributed by atoms with Crippen LogP contribution >= 0.6 is 0 Å². The van der Waals surface area contributed by atoms with Gasteiger partial charge in [0.2, 0.25) is 0 Å². The van der Waals surface area contributed by atoms with Gasteiger partial charge in [-0.25, -0.2) is 0 Å². The maximum atomic E-state index is 6.08. The van der Waals surface area contributed by atoms with Crippen LogP contribution in [0.1, 0.15) is 46.5 Å². The zero-order chi connectivity index (χ0) is 9.90. The average molecular weight is 182 g/mol. The molecule has 0 aromatic rings. The molecule has 0 amide bonds. The van der Waals surface area contributed by atoms with Gasteiger partial charge in [-0.3, -0.25) is 0 Å². The summed E-state index contributed by atoms with van der Waals surface area (Å²) in [6.45, 7) is 10.5. The van der Waals surface area contributed by atoms with Gasteiger partial charge in [0, 0.05) is 0 Å². The van der Waals surface area contributed by atoms with Crippen LogP contribution in [0.5, 0.6) is 0 Å². The largest absolute Gasteiger partial charge is 0.372 e. The lowest BCUT2D eigenvalue weighted by molar-refractivity contribution is -0.0809. The standard InChI is InChI=1S/C12H22O/c1-5-7-11-10(2)8-6-9-12(3,4)13-11/h5,10-11H,1,6-9H2,2-4H3. The van der Waals surface area contributed by atoms with E-state index in [-0.39, 0.29) is 5.60 Å². The predicted molar refractivity (Wildman–Crippen MR) is 56.8 cm³/mol. The van der Waals surface area contributed by atoms with Gasteiger partial charge in [0.25, 0.3) is 0 Å². The van der Waals surface area contributed by atoms with Crippen LogP contribution in [-0.4, -0.2) is 11.7 Å². The van der Waals surface area contributed by atoms with Crippen LogP contribution in [0.2, 0.25) is 0 Å². The van der Waals surface area contributed by atoms with E-state index < -0.39 is 0 Å². The van der Waals surface area contributed by atoms with Gasteiger partial charge in [-0.05, 0) is 39.0 Å². The molecule has 1 heterocycles. The van der Waals surface area contributed by atoms with Crippen LogP contribution in [0.15, 0.2) is 12.7 Å². The minimum Gasteiger partial charge on any atom is -0.372 e. The average Bonchev–Trinajstić information content (AvgIpc) is 2.12. The van der Waals surface area contributed by atoms with Gasteiger partial charge < -0.3 is 4.74 Å². The van der Waals surface area contributed by atoms with Crippen LogP contribution in [0, 0.1) is 5.92 Å². The molecule has 0 bridgehead atoms. The number of rotatable bonds is 2. The zero-order valence-electron chi connectivity index (χ0n) is 9.18. The number of ether oxygens (including phenoxy) is 1. The Hall–Kier alpha value is -0.300. The molecule has 1 aliphatic rings. The summed E-state index contributed by atoms with van der Waals surface area (Å²) >= 11 is 0. The molecule has 0 aromatic heterocycles. The summed E-state index contributed by atoms with van der Waals surface area (Å²) in [6.07, 6.45) is 7.12. The fourth-order valence-corrected chi connectivity index (χ4v) is 2.07. The monoisotopic (exact) mass is 182 g/mol. The SMILES string of the molecule is C=CCC1OC(C)(C)CCCC1C. The third-order valence-corrected chi connectivity index (χ3v) is 2.94. The normalized spacial score (nSPS) is 33.8. The fourth-order valence-electron chi connectivity index (χ4n) is 2.07. The van der Waals surface area contributed by atoms with E-state index >= 15 is 0 Å². The zero-order valence-corrected chi connectivity index (χ0v) is 9.18. The van der Waals surface area contributed by atoms with E-state index in [9.17, 15) is 0 Å². The van der Waals surface area contributed by atoms with Crippen LogP contribution in [0.3, 0.4) is 0 Å². The van der Waals surface area contributed by atoms with Crippen molar-refractivity contribution in [2.24, 2.45) is 5.92 Å². The van der Waals surface area contributed by atoms with E-state index in [4.69, 9.17) is 4.74 Å². The molecule has 0 radical (unpaired) electrons. The highest BCUT2D eigenvalue weighted by Crippen LogP contribution is 2.31. The van der Waals surface area contributed by atoms with Gasteiger partial charge in [-0.1, -0.05) is 19.4 Å². The molecule has 0 N–H and O–H groups in total. The van der Waals surface area contributed by atoms with Crippen molar-refractivity contribution >= 4 is 0 Å². The number of hydrogen-bond donors (Lipinski definition) is 0. The Morgan fingerprint density at radius 3 is 2.85 bits per heavy atom. The van der Waals surface area contributed by atoms with E-state index in [2.05, 4.69) is 27.4 Å². The molecule has 0 spiro atoms. The first-order chi connectivity index (χ1) is 6.05. The summed E-state index contributed by atoms with van der Waals surface area (Å²) in [5.41, 5.74) is 0.0679. The second-order valence-corrected chi connectivity index (χ2v) is 4.81. The van der Waals surface area contributed by atoms with E-state index in [1.807, 2.05) is 6.08 Å². The Kier molecular flexibility index (Phi) is 3.55. The van der Waals surface area contributed by atoms with Crippen molar-refractivity contribution in [3.8, 4) is 0 Å². The van der Waals surface area contributed by atoms with Gasteiger partial charge in [-0.2, -0.15) is 0 Å². The quantitative estimate of drug-likeness (QED) is 0.593. The smallest absolute Gasteiger partial charge is 0.0642 e. The molecular formula is C12H22O. The third-order valence-electron chi connectivity index (χ3n) is 2.94. The molecule has 1 saturated heterocycles. The second kappa shape index (κ2) is 4.28. The Morgan fingerprint density at radius 1 is 1.54 bits per heavy atom. The molecule has 1 fully saturated rings. The van der Waals surface area contributed by atoms with E-state index in [1.165, 1.54) is 19.3 Å². The Morgan fingerprint density at radius 2 is 2.23 bits per heavy atom. The fraction of sp³-hybridized carbons (Fsp3) is 0.833. The molecule has 0 aromatic carbocycles. The van der Waals surface area contributed by atoms with Crippen LogP contribution < -0.4 is 0 Å². The first-order valence-corrected chi connectivity index (χ1v) is 5.34. The number of hydrogen-bond acceptors (Lipinski definition) is 1. The maximum absolute atomic E-state index is 6.08. The molecule has 2 unspecified atom stereocenters. The van der Waals surface area contributed by atoms with Crippen LogP contribution in [-0.2, 0) is 4.74 Å². The molecule has 0 saturated carbocycles. The Bertz CT molecular complexity index is 172. The lowest BCUT2D eigenvalue weighted by Gasteiger charge is -2.29. The molecule has 76 valence electrons. The van der Waals surface area contributed by atoms with E-state index in [0.717, 1.165) is 6.42 Å². The second-order valence-electron chi connectivity index (χ2n) is 4.81. The summed E-state index contributed by atoms with van der Waals surface area (Å²) in [5, 5.41) is 0. The third kappa shape index (κ3) is 3.15. The van der Waals surface area contributed by atoms with E-state index in [1.54, 1.807) is 0 Å². The molecule has 13 heavy (non-hydrogen) atoms. The summed E-state index contributed by atoms with van der Waals surface area (Å²) in [5.74, 6) is 0.680. The lowest BCUT2D eigenvalue weighted by Crippen LogP contribution is -2.30. The van der Waals surface area contributed by atoms with Crippen molar-refractivity contribution in [2.45, 2.75) is 58.2 Å². The lowest BCUT2D eigenvalue weighted by atomic mass is 9.96. The van der Waals surface area contributed by atoms with Crippen molar-refractivity contribution in [1.82, 2.24) is 0 Å². The summed E-state index contributed by atoms with van der Waals surface area (Å²) in [4.78, 5) is 0. The first-order valence-electron chi connectivity index (χ1n) is 5.34. The van der Waals surface area contributed by atoms with Gasteiger partial charge in [-0.15, -0.1) is 6.58 Å². The van der Waals surface area contributed by atoms with Gasteiger partial charge in [0.05, 0.1) is 11.7 Å². The summed E-state index contributed by atoms with van der Waals surface area (Å²) < 4.78 is 6.08. The Balaban J connectivity index is 2.61. The molecule has 1 aliphatic heterocycles. The highest BCUT2D eigenvalue weighted by atomic mass is 16.5. The topological polar surface area (TPSA) is 9.23 Å². The summed E-state index contributed by atoms with van der Waals surface area (Å²) in [6, 6.07) is 0. The highest BCUT2D eigenvalue weighted by molar-refractivity contribution is 4.84. The molecule has 1 heteroatoms. The minimum atomic E-state index is 0.0679. The highest BCUT2D eigenvalue weighted by Gasteiger charge is 2.29. The van der Waals surface area contributed by atoms with Crippen LogP contribution in [0.4, 0.5) is 0 Å². The van der Waals surface area contributed by atoms with Crippen molar-refractivity contribution in [3.05, 3.63) is 12.7 Å². The molecule has 1 rings (SSSR count). The molecular weight excluding hydrogens is 160 g/mol. The van der Waals surface area contributed by atoms with E-state index in [0.29, 0.717) is 12.0 Å². The van der Waals surface area contributed by atoms with Crippen LogP contribution in [0.25, 0.3) is 0 Å². The van der Waals surface area contributed by atoms with Crippen molar-refractivity contribution in [2.75, 3.05) is 0 Å². The molecule has 2 atom stereocenters. The first kappa shape index (κ1) is 10.8. The summed E-state index contributed by atoms with van der Waals surface area (Å²) in [7, 11) is 0. The van der Waals surface area contributed by atoms with Crippen molar-refractivity contribution in [3.63, 3.8) is 0 Å². The van der Waals surface area contributed by atoms with Gasteiger partial charge >= 0.3 is 0 Å². The van der Waals surface area contributed by atoms with Crippen molar-refractivity contribution in [1.29, 1.82) is 0 Å². The molecule has 0 aliphatic carbocycles. The minimum absolute atomic E-state index is 0.0679. The Labute approximate surface area is 82.2 Å².